The van der Waals surface area contributed by atoms with E-state index in [1.165, 1.54) is 216 Å². The van der Waals surface area contributed by atoms with Crippen LogP contribution in [0.15, 0.2) is 0 Å². The van der Waals surface area contributed by atoms with Gasteiger partial charge < -0.3 is 0 Å². The molecule has 18 rings (SSSR count). The summed E-state index contributed by atoms with van der Waals surface area (Å²) < 4.78 is 0. The zero-order chi connectivity index (χ0) is 35.4. The van der Waals surface area contributed by atoms with Crippen LogP contribution in [0, 0.1) is 218 Å². The van der Waals surface area contributed by atoms with Gasteiger partial charge in [-0.2, -0.15) is 0 Å². The highest BCUT2D eigenvalue weighted by Crippen LogP contribution is 3.01. The zero-order valence-electron chi connectivity index (χ0n) is 35.4. The highest BCUT2D eigenvalue weighted by molar-refractivity contribution is 5.44. The minimum absolute atomic E-state index is 0.858. The van der Waals surface area contributed by atoms with Gasteiger partial charge in [0.15, 0.2) is 0 Å². The predicted molar refractivity (Wildman–Crippen MR) is 215 cm³/mol. The normalized spacial score (nSPS) is 79.4. The Bertz CT molecular complexity index is 1820. The first-order valence-electron chi connectivity index (χ1n) is 27.0. The van der Waals surface area contributed by atoms with Crippen molar-refractivity contribution >= 4 is 0 Å². The van der Waals surface area contributed by atoms with Crippen molar-refractivity contribution in [2.45, 2.75) is 118 Å². The summed E-state index contributed by atoms with van der Waals surface area (Å²) in [7, 11) is 0. The summed E-state index contributed by atoms with van der Waals surface area (Å²) in [5.41, 5.74) is 1.76. The first-order chi connectivity index (χ1) is 27.0. The molecule has 18 aliphatic carbocycles. The molecule has 18 aliphatic rings. The zero-order valence-corrected chi connectivity index (χ0v) is 35.4. The second kappa shape index (κ2) is 8.98. The maximum absolute atomic E-state index is 2.84. The van der Waals surface area contributed by atoms with Crippen molar-refractivity contribution in [2.75, 3.05) is 0 Å². The topological polar surface area (TPSA) is 0 Å². The van der Waals surface area contributed by atoms with Crippen LogP contribution in [0.3, 0.4) is 0 Å². The molecule has 0 aromatic carbocycles. The fourth-order valence-corrected chi connectivity index (χ4v) is 29.3. The van der Waals surface area contributed by atoms with Crippen molar-refractivity contribution < 1.29 is 0 Å². The minimum Gasteiger partial charge on any atom is -0.0654 e. The van der Waals surface area contributed by atoms with E-state index in [4.69, 9.17) is 0 Å². The van der Waals surface area contributed by atoms with Gasteiger partial charge >= 0.3 is 0 Å². The smallest absolute Gasteiger partial charge is 0.0170 e. The summed E-state index contributed by atoms with van der Waals surface area (Å²) >= 11 is 0. The van der Waals surface area contributed by atoms with Gasteiger partial charge in [0, 0.05) is 0 Å². The first kappa shape index (κ1) is 30.9. The fourth-order valence-electron chi connectivity index (χ4n) is 29.3. The molecule has 296 valence electrons. The Morgan fingerprint density at radius 1 is 0.473 bits per heavy atom. The lowest BCUT2D eigenvalue weighted by molar-refractivity contribution is -0.539. The minimum atomic E-state index is 0.858. The molecule has 0 N–H and O–H groups in total. The maximum atomic E-state index is 2.84. The van der Waals surface area contributed by atoms with Crippen LogP contribution < -0.4 is 0 Å². The van der Waals surface area contributed by atoms with Gasteiger partial charge in [-0.25, -0.2) is 0 Å². The van der Waals surface area contributed by atoms with Gasteiger partial charge in [0.1, 0.15) is 0 Å². The van der Waals surface area contributed by atoms with Gasteiger partial charge in [0.05, 0.1) is 0 Å². The van der Waals surface area contributed by atoms with Gasteiger partial charge in [-0.15, -0.1) is 0 Å². The quantitative estimate of drug-likeness (QED) is 0.172. The number of unbranched alkanes of at least 4 members (excludes halogenated alkanes) is 3. The molecule has 0 bridgehead atoms. The molecule has 37 unspecified atom stereocenters. The highest BCUT2D eigenvalue weighted by Gasteiger charge is 2.97. The van der Waals surface area contributed by atoms with E-state index in [1.54, 1.807) is 51.4 Å². The number of hydrogen-bond donors (Lipinski definition) is 0. The van der Waals surface area contributed by atoms with Crippen LogP contribution in [0.2, 0.25) is 0 Å². The van der Waals surface area contributed by atoms with E-state index in [-0.39, 0.29) is 0 Å². The molecule has 0 amide bonds. The SMILES string of the molecule is CCCCCCC(CC)C1CC2C1C1C2C2C1C1C2C2C1C1C2C2C1C1C2C2C1C1C2C2C1C1C(C)C(C)C12C1CC2C1CCCC1C3CC4CC(C)C43C21. The molecular formula is C55H76. The van der Waals surface area contributed by atoms with Crippen LogP contribution in [0.5, 0.6) is 0 Å². The van der Waals surface area contributed by atoms with E-state index in [0.717, 1.165) is 34.5 Å². The lowest BCUT2D eigenvalue weighted by atomic mass is 9.04. The molecule has 1 spiro atoms. The maximum Gasteiger partial charge on any atom is -0.0170 e. The molecule has 0 radical (unpaired) electrons. The van der Waals surface area contributed by atoms with Crippen molar-refractivity contribution in [1.29, 1.82) is 0 Å². The lowest BCUT2D eigenvalue weighted by Crippen LogP contribution is -2.97. The van der Waals surface area contributed by atoms with E-state index < -0.39 is 0 Å². The van der Waals surface area contributed by atoms with Gasteiger partial charge in [0.2, 0.25) is 0 Å². The summed E-state index contributed by atoms with van der Waals surface area (Å²) in [6.45, 7) is 13.3. The highest BCUT2D eigenvalue weighted by atomic mass is 15.0. The van der Waals surface area contributed by atoms with Gasteiger partial charge in [0.25, 0.3) is 0 Å². The molecule has 0 saturated heterocycles. The Kier molecular flexibility index (Phi) is 5.05. The Hall–Kier alpha value is 0. The summed E-state index contributed by atoms with van der Waals surface area (Å²) in [6.07, 6.45) is 20.7. The predicted octanol–water partition coefficient (Wildman–Crippen LogP) is 11.9. The molecular weight excluding hydrogens is 661 g/mol. The molecule has 55 heavy (non-hydrogen) atoms. The Balaban J connectivity index is 0.578. The average molecular weight is 737 g/mol. The average Bonchev–Trinajstić information content (AvgIpc) is 3.24. The van der Waals surface area contributed by atoms with Crippen LogP contribution in [-0.2, 0) is 0 Å². The van der Waals surface area contributed by atoms with Crippen molar-refractivity contribution in [3.8, 4) is 0 Å². The molecule has 0 aliphatic heterocycles. The number of rotatable bonds is 8. The summed E-state index contributed by atoms with van der Waals surface area (Å²) in [5, 5.41) is 0. The molecule has 37 atom stereocenters. The second-order valence-corrected chi connectivity index (χ2v) is 27.8. The van der Waals surface area contributed by atoms with Crippen molar-refractivity contribution in [3.05, 3.63) is 0 Å². The third-order valence-electron chi connectivity index (χ3n) is 29.8. The molecule has 0 aromatic heterocycles. The van der Waals surface area contributed by atoms with E-state index in [1.807, 2.05) is 0 Å². The van der Waals surface area contributed by atoms with Crippen LogP contribution in [0.1, 0.15) is 118 Å². The number of fused-ring (bicyclic) bond motifs is 38. The Morgan fingerprint density at radius 3 is 1.71 bits per heavy atom. The molecule has 0 heteroatoms. The van der Waals surface area contributed by atoms with E-state index in [9.17, 15) is 0 Å². The van der Waals surface area contributed by atoms with Crippen molar-refractivity contribution in [1.82, 2.24) is 0 Å². The van der Waals surface area contributed by atoms with Crippen LogP contribution >= 0.6 is 0 Å². The van der Waals surface area contributed by atoms with E-state index in [0.29, 0.717) is 0 Å². The molecule has 0 nitrogen and oxygen atoms in total. The first-order valence-corrected chi connectivity index (χ1v) is 27.0. The van der Waals surface area contributed by atoms with E-state index in [2.05, 4.69) is 34.6 Å². The fraction of sp³-hybridized carbons (Fsp3) is 1.00. The Labute approximate surface area is 334 Å². The summed E-state index contributed by atoms with van der Waals surface area (Å²) in [4.78, 5) is 0. The van der Waals surface area contributed by atoms with Crippen LogP contribution in [-0.4, -0.2) is 0 Å². The standard InChI is InChI=1S/C55H76/c1-6-8-9-10-12-22(7-2)26-17-28-31(26)33-32(28)34-35(33)37-36(34)38-39(37)41-40(38)43-42(41)44-45(43)47-46(44)48-49(47)53-50(48)51-20(4)21(5)55(51,53)30-18-27-24(30)13-11-14-25-29-16-23-15-19(3)54(23,29)52(25)27/h19-53H,6-18H2,1-5H3. The molecule has 18 fully saturated rings. The molecule has 18 saturated carbocycles. The van der Waals surface area contributed by atoms with E-state index >= 15 is 0 Å². The van der Waals surface area contributed by atoms with Gasteiger partial charge in [-0.1, -0.05) is 79.6 Å². The van der Waals surface area contributed by atoms with Gasteiger partial charge in [-0.05, 0) is 256 Å². The number of hydrogen-bond acceptors (Lipinski definition) is 0. The van der Waals surface area contributed by atoms with Crippen LogP contribution in [0.4, 0.5) is 0 Å². The van der Waals surface area contributed by atoms with Crippen molar-refractivity contribution in [2.24, 2.45) is 218 Å². The Morgan fingerprint density at radius 2 is 1.07 bits per heavy atom. The lowest BCUT2D eigenvalue weighted by Gasteiger charge is -3.00. The molecule has 0 heterocycles. The van der Waals surface area contributed by atoms with Crippen LogP contribution in [0.25, 0.3) is 0 Å². The van der Waals surface area contributed by atoms with Crippen molar-refractivity contribution in [3.63, 3.8) is 0 Å². The summed E-state index contributed by atoms with van der Waals surface area (Å²) in [6, 6.07) is 0. The second-order valence-electron chi connectivity index (χ2n) is 27.8. The third kappa shape index (κ3) is 2.49. The largest absolute Gasteiger partial charge is 0.0654 e. The third-order valence-corrected chi connectivity index (χ3v) is 29.8. The summed E-state index contributed by atoms with van der Waals surface area (Å²) in [5.74, 6) is 43.0. The monoisotopic (exact) mass is 737 g/mol. The van der Waals surface area contributed by atoms with Gasteiger partial charge in [-0.3, -0.25) is 0 Å². The molecule has 0 aromatic rings.